The van der Waals surface area contributed by atoms with Crippen LogP contribution in [0.1, 0.15) is 25.3 Å². The topological polar surface area (TPSA) is 41.5 Å². The Hall–Kier alpha value is -0.900. The van der Waals surface area contributed by atoms with Gasteiger partial charge in [-0.2, -0.15) is 0 Å². The second kappa shape index (κ2) is 7.04. The standard InChI is InChI=1S/C16H25NO2/c1-12(17-15(11-19-2)14-8-9-14)16(18)10-13-6-4-3-5-7-13/h3-7,12,14-18H,8-11H2,1-2H3. The molecule has 0 aliphatic heterocycles. The van der Waals surface area contributed by atoms with Crippen molar-refractivity contribution in [1.29, 1.82) is 0 Å². The minimum Gasteiger partial charge on any atom is -0.391 e. The van der Waals surface area contributed by atoms with E-state index >= 15 is 0 Å². The highest BCUT2D eigenvalue weighted by Gasteiger charge is 2.32. The fraction of sp³-hybridized carbons (Fsp3) is 0.625. The van der Waals surface area contributed by atoms with Crippen LogP contribution in [-0.4, -0.2) is 37.0 Å². The van der Waals surface area contributed by atoms with Gasteiger partial charge in [0.05, 0.1) is 12.7 Å². The third-order valence-corrected chi connectivity index (χ3v) is 3.88. The number of hydrogen-bond donors (Lipinski definition) is 2. The molecule has 3 heteroatoms. The lowest BCUT2D eigenvalue weighted by Gasteiger charge is -2.26. The summed E-state index contributed by atoms with van der Waals surface area (Å²) in [5, 5.41) is 13.8. The Morgan fingerprint density at radius 1 is 1.32 bits per heavy atom. The zero-order chi connectivity index (χ0) is 13.7. The quantitative estimate of drug-likeness (QED) is 0.753. The molecule has 3 nitrogen and oxygen atoms in total. The van der Waals surface area contributed by atoms with Crippen LogP contribution in [0.25, 0.3) is 0 Å². The Morgan fingerprint density at radius 3 is 2.58 bits per heavy atom. The molecule has 0 spiro atoms. The van der Waals surface area contributed by atoms with E-state index in [-0.39, 0.29) is 12.1 Å². The summed E-state index contributed by atoms with van der Waals surface area (Å²) < 4.78 is 5.26. The van der Waals surface area contributed by atoms with E-state index in [0.29, 0.717) is 12.5 Å². The summed E-state index contributed by atoms with van der Waals surface area (Å²) in [5.41, 5.74) is 1.18. The van der Waals surface area contributed by atoms with Gasteiger partial charge in [0.1, 0.15) is 0 Å². The summed E-state index contributed by atoms with van der Waals surface area (Å²) in [7, 11) is 1.74. The van der Waals surface area contributed by atoms with Crippen molar-refractivity contribution in [3.05, 3.63) is 35.9 Å². The minimum atomic E-state index is -0.361. The van der Waals surface area contributed by atoms with Crippen LogP contribution in [0.2, 0.25) is 0 Å². The van der Waals surface area contributed by atoms with E-state index in [4.69, 9.17) is 4.74 Å². The molecule has 0 bridgehead atoms. The molecule has 0 heterocycles. The number of aliphatic hydroxyl groups excluding tert-OH is 1. The van der Waals surface area contributed by atoms with Gasteiger partial charge in [0, 0.05) is 19.2 Å². The van der Waals surface area contributed by atoms with Crippen LogP contribution in [0.3, 0.4) is 0 Å². The SMILES string of the molecule is COCC(NC(C)C(O)Cc1ccccc1)C1CC1. The molecule has 106 valence electrons. The van der Waals surface area contributed by atoms with Crippen LogP contribution in [-0.2, 0) is 11.2 Å². The summed E-state index contributed by atoms with van der Waals surface area (Å²) in [5.74, 6) is 0.728. The van der Waals surface area contributed by atoms with Crippen LogP contribution in [0, 0.1) is 5.92 Å². The molecule has 1 aromatic carbocycles. The number of ether oxygens (including phenoxy) is 1. The predicted octanol–water partition coefficient (Wildman–Crippen LogP) is 1.99. The van der Waals surface area contributed by atoms with Crippen LogP contribution in [0.15, 0.2) is 30.3 Å². The predicted molar refractivity (Wildman–Crippen MR) is 77.1 cm³/mol. The zero-order valence-electron chi connectivity index (χ0n) is 11.9. The minimum absolute atomic E-state index is 0.0842. The van der Waals surface area contributed by atoms with Gasteiger partial charge in [-0.15, -0.1) is 0 Å². The molecule has 3 atom stereocenters. The average molecular weight is 263 g/mol. The molecule has 0 saturated heterocycles. The van der Waals surface area contributed by atoms with Crippen molar-refractivity contribution in [3.8, 4) is 0 Å². The van der Waals surface area contributed by atoms with E-state index in [1.165, 1.54) is 18.4 Å². The maximum absolute atomic E-state index is 10.3. The van der Waals surface area contributed by atoms with Gasteiger partial charge in [0.15, 0.2) is 0 Å². The molecule has 0 aromatic heterocycles. The van der Waals surface area contributed by atoms with E-state index in [0.717, 1.165) is 12.5 Å². The molecule has 1 aliphatic carbocycles. The molecule has 3 unspecified atom stereocenters. The fourth-order valence-electron chi connectivity index (χ4n) is 2.48. The lowest BCUT2D eigenvalue weighted by Crippen LogP contribution is -2.47. The molecule has 2 N–H and O–H groups in total. The Bertz CT molecular complexity index is 364. The Kier molecular flexibility index (Phi) is 5.37. The smallest absolute Gasteiger partial charge is 0.0730 e. The highest BCUT2D eigenvalue weighted by Crippen LogP contribution is 2.33. The summed E-state index contributed by atoms with van der Waals surface area (Å²) in [6.45, 7) is 2.78. The summed E-state index contributed by atoms with van der Waals surface area (Å²) in [6, 6.07) is 10.6. The Labute approximate surface area is 116 Å². The van der Waals surface area contributed by atoms with E-state index < -0.39 is 0 Å². The average Bonchev–Trinajstić information content (AvgIpc) is 3.23. The van der Waals surface area contributed by atoms with Crippen LogP contribution in [0.5, 0.6) is 0 Å². The van der Waals surface area contributed by atoms with E-state index in [1.807, 2.05) is 18.2 Å². The number of hydrogen-bond acceptors (Lipinski definition) is 3. The molecular formula is C16H25NO2. The molecule has 1 saturated carbocycles. The first-order chi connectivity index (χ1) is 9.20. The van der Waals surface area contributed by atoms with E-state index in [9.17, 15) is 5.11 Å². The molecule has 0 radical (unpaired) electrons. The number of rotatable bonds is 8. The molecule has 0 amide bonds. The second-order valence-electron chi connectivity index (χ2n) is 5.61. The third-order valence-electron chi connectivity index (χ3n) is 3.88. The molecular weight excluding hydrogens is 238 g/mol. The maximum Gasteiger partial charge on any atom is 0.0730 e. The highest BCUT2D eigenvalue weighted by molar-refractivity contribution is 5.15. The number of benzene rings is 1. The lowest BCUT2D eigenvalue weighted by atomic mass is 10.0. The zero-order valence-corrected chi connectivity index (χ0v) is 11.9. The highest BCUT2D eigenvalue weighted by atomic mass is 16.5. The van der Waals surface area contributed by atoms with Crippen molar-refractivity contribution in [2.45, 2.75) is 44.4 Å². The summed E-state index contributed by atoms with van der Waals surface area (Å²) in [4.78, 5) is 0. The molecule has 1 aromatic rings. The van der Waals surface area contributed by atoms with Crippen molar-refractivity contribution >= 4 is 0 Å². The molecule has 19 heavy (non-hydrogen) atoms. The Morgan fingerprint density at radius 2 is 2.00 bits per heavy atom. The molecule has 2 rings (SSSR count). The maximum atomic E-state index is 10.3. The van der Waals surface area contributed by atoms with Crippen LogP contribution < -0.4 is 5.32 Å². The van der Waals surface area contributed by atoms with Gasteiger partial charge in [-0.3, -0.25) is 0 Å². The van der Waals surface area contributed by atoms with Crippen molar-refractivity contribution in [1.82, 2.24) is 5.32 Å². The van der Waals surface area contributed by atoms with Gasteiger partial charge < -0.3 is 15.2 Å². The van der Waals surface area contributed by atoms with E-state index in [1.54, 1.807) is 7.11 Å². The largest absolute Gasteiger partial charge is 0.391 e. The van der Waals surface area contributed by atoms with Gasteiger partial charge in [0.2, 0.25) is 0 Å². The molecule has 1 fully saturated rings. The van der Waals surface area contributed by atoms with Crippen molar-refractivity contribution < 1.29 is 9.84 Å². The van der Waals surface area contributed by atoms with E-state index in [2.05, 4.69) is 24.4 Å². The molecule has 1 aliphatic rings. The van der Waals surface area contributed by atoms with Crippen LogP contribution in [0.4, 0.5) is 0 Å². The van der Waals surface area contributed by atoms with Crippen molar-refractivity contribution in [2.24, 2.45) is 5.92 Å². The van der Waals surface area contributed by atoms with Gasteiger partial charge in [-0.1, -0.05) is 30.3 Å². The number of methoxy groups -OCH3 is 1. The first kappa shape index (κ1) is 14.5. The van der Waals surface area contributed by atoms with Gasteiger partial charge in [-0.05, 0) is 37.7 Å². The number of nitrogens with one attached hydrogen (secondary N) is 1. The lowest BCUT2D eigenvalue weighted by molar-refractivity contribution is 0.103. The third kappa shape index (κ3) is 4.60. The monoisotopic (exact) mass is 263 g/mol. The van der Waals surface area contributed by atoms with Gasteiger partial charge in [-0.25, -0.2) is 0 Å². The van der Waals surface area contributed by atoms with Crippen LogP contribution >= 0.6 is 0 Å². The fourth-order valence-corrected chi connectivity index (χ4v) is 2.48. The van der Waals surface area contributed by atoms with Gasteiger partial charge >= 0.3 is 0 Å². The van der Waals surface area contributed by atoms with Crippen molar-refractivity contribution in [3.63, 3.8) is 0 Å². The first-order valence-corrected chi connectivity index (χ1v) is 7.17. The summed E-state index contributed by atoms with van der Waals surface area (Å²) in [6.07, 6.45) is 2.89. The number of aliphatic hydroxyl groups is 1. The second-order valence-corrected chi connectivity index (χ2v) is 5.61. The van der Waals surface area contributed by atoms with Gasteiger partial charge in [0.25, 0.3) is 0 Å². The normalized spacial score (nSPS) is 19.9. The Balaban J connectivity index is 1.82. The summed E-state index contributed by atoms with van der Waals surface area (Å²) >= 11 is 0. The van der Waals surface area contributed by atoms with Crippen molar-refractivity contribution in [2.75, 3.05) is 13.7 Å². The first-order valence-electron chi connectivity index (χ1n) is 7.17.